The summed E-state index contributed by atoms with van der Waals surface area (Å²) in [5, 5.41) is 0. The van der Waals surface area contributed by atoms with E-state index in [-0.39, 0.29) is 23.4 Å². The van der Waals surface area contributed by atoms with Crippen LogP contribution in [0.2, 0.25) is 0 Å². The largest absolute Gasteiger partial charge is 0.379 e. The van der Waals surface area contributed by atoms with Crippen molar-refractivity contribution in [2.75, 3.05) is 44.3 Å². The van der Waals surface area contributed by atoms with Gasteiger partial charge in [-0.25, -0.2) is 13.1 Å². The molecule has 1 unspecified atom stereocenters. The Balaban J connectivity index is 1.54. The maximum Gasteiger partial charge on any atom is 0.240 e. The summed E-state index contributed by atoms with van der Waals surface area (Å²) in [6, 6.07) is 15.0. The fourth-order valence-corrected chi connectivity index (χ4v) is 5.45. The number of carbonyl (C=O) groups is 1. The van der Waals surface area contributed by atoms with Gasteiger partial charge in [0.2, 0.25) is 15.9 Å². The van der Waals surface area contributed by atoms with Crippen LogP contribution >= 0.6 is 0 Å². The molecule has 2 aromatic carbocycles. The predicted octanol–water partition coefficient (Wildman–Crippen LogP) is 2.34. The van der Waals surface area contributed by atoms with Gasteiger partial charge in [-0.3, -0.25) is 9.69 Å². The van der Waals surface area contributed by atoms with E-state index in [1.807, 2.05) is 30.3 Å². The van der Waals surface area contributed by atoms with E-state index in [0.29, 0.717) is 19.8 Å². The highest BCUT2D eigenvalue weighted by atomic mass is 32.2. The van der Waals surface area contributed by atoms with Crippen LogP contribution in [0.25, 0.3) is 0 Å². The Morgan fingerprint density at radius 3 is 2.55 bits per heavy atom. The number of rotatable bonds is 6. The third-order valence-electron chi connectivity index (χ3n) is 6.00. The lowest BCUT2D eigenvalue weighted by molar-refractivity contribution is -0.116. The minimum atomic E-state index is -3.68. The number of morpholine rings is 1. The zero-order valence-electron chi connectivity index (χ0n) is 17.8. The highest BCUT2D eigenvalue weighted by molar-refractivity contribution is 7.89. The first-order valence-electron chi connectivity index (χ1n) is 10.7. The van der Waals surface area contributed by atoms with Crippen LogP contribution in [-0.4, -0.2) is 58.6 Å². The summed E-state index contributed by atoms with van der Waals surface area (Å²) in [4.78, 5) is 16.1. The Kier molecular flexibility index (Phi) is 6.71. The van der Waals surface area contributed by atoms with E-state index in [4.69, 9.17) is 4.74 Å². The van der Waals surface area contributed by atoms with E-state index in [0.717, 1.165) is 42.7 Å². The van der Waals surface area contributed by atoms with Crippen molar-refractivity contribution in [2.24, 2.45) is 0 Å². The van der Waals surface area contributed by atoms with Crippen molar-refractivity contribution in [3.8, 4) is 0 Å². The Hall–Kier alpha value is -2.26. The molecule has 1 fully saturated rings. The molecule has 4 rings (SSSR count). The van der Waals surface area contributed by atoms with Crippen LogP contribution in [0.4, 0.5) is 5.69 Å². The molecule has 1 amide bonds. The van der Waals surface area contributed by atoms with Crippen molar-refractivity contribution in [3.05, 3.63) is 59.7 Å². The van der Waals surface area contributed by atoms with Gasteiger partial charge in [-0.15, -0.1) is 0 Å². The number of sulfonamides is 1. The smallest absolute Gasteiger partial charge is 0.240 e. The van der Waals surface area contributed by atoms with Crippen LogP contribution in [0.3, 0.4) is 0 Å². The van der Waals surface area contributed by atoms with Crippen LogP contribution in [0.1, 0.15) is 30.5 Å². The van der Waals surface area contributed by atoms with Crippen LogP contribution in [0.5, 0.6) is 0 Å². The van der Waals surface area contributed by atoms with Crippen LogP contribution < -0.4 is 9.62 Å². The maximum atomic E-state index is 13.1. The summed E-state index contributed by atoms with van der Waals surface area (Å²) >= 11 is 0. The molecule has 0 spiro atoms. The van der Waals surface area contributed by atoms with Crippen LogP contribution in [-0.2, 0) is 26.0 Å². The molecule has 0 saturated carbocycles. The summed E-state index contributed by atoms with van der Waals surface area (Å²) < 4.78 is 34.5. The van der Waals surface area contributed by atoms with Crippen molar-refractivity contribution >= 4 is 21.6 Å². The third-order valence-corrected chi connectivity index (χ3v) is 7.42. The van der Waals surface area contributed by atoms with Crippen LogP contribution in [0, 0.1) is 0 Å². The van der Waals surface area contributed by atoms with Crippen LogP contribution in [0.15, 0.2) is 53.4 Å². The lowest BCUT2D eigenvalue weighted by Crippen LogP contribution is -2.43. The number of ether oxygens (including phenoxy) is 1. The first-order valence-corrected chi connectivity index (χ1v) is 12.2. The summed E-state index contributed by atoms with van der Waals surface area (Å²) in [5.41, 5.74) is 2.79. The summed E-state index contributed by atoms with van der Waals surface area (Å²) in [7, 11) is -3.68. The molecule has 2 heterocycles. The SMILES string of the molecule is CC(=O)N1CCCc2cc(S(=O)(=O)NCC(c3ccccc3)N3CCOCC3)ccc21. The molecule has 0 aliphatic carbocycles. The quantitative estimate of drug-likeness (QED) is 0.741. The van der Waals surface area contributed by atoms with Crippen molar-refractivity contribution in [3.63, 3.8) is 0 Å². The molecule has 0 aromatic heterocycles. The summed E-state index contributed by atoms with van der Waals surface area (Å²) in [6.07, 6.45) is 1.60. The third kappa shape index (κ3) is 4.98. The lowest BCUT2D eigenvalue weighted by Gasteiger charge is -2.35. The van der Waals surface area contributed by atoms with Crippen molar-refractivity contribution in [2.45, 2.75) is 30.7 Å². The second kappa shape index (κ2) is 9.48. The Morgan fingerprint density at radius 2 is 1.84 bits per heavy atom. The number of nitrogens with zero attached hydrogens (tertiary/aromatic N) is 2. The van der Waals surface area contributed by atoms with Gasteiger partial charge in [0.15, 0.2) is 0 Å². The Bertz CT molecular complexity index is 1020. The average molecular weight is 444 g/mol. The fourth-order valence-electron chi connectivity index (χ4n) is 4.36. The number of benzene rings is 2. The van der Waals surface area contributed by atoms with Crippen molar-refractivity contribution < 1.29 is 17.9 Å². The van der Waals surface area contributed by atoms with Gasteiger partial charge in [-0.05, 0) is 42.2 Å². The molecule has 2 aliphatic heterocycles. The standard InChI is InChI=1S/C23H29N3O4S/c1-18(27)26-11-5-8-20-16-21(9-10-22(20)26)31(28,29)24-17-23(19-6-3-2-4-7-19)25-12-14-30-15-13-25/h2-4,6-7,9-10,16,23-24H,5,8,11-15,17H2,1H3. The minimum Gasteiger partial charge on any atom is -0.379 e. The molecule has 31 heavy (non-hydrogen) atoms. The number of fused-ring (bicyclic) bond motifs is 1. The van der Waals surface area contributed by atoms with Gasteiger partial charge in [0, 0.05) is 44.8 Å². The zero-order chi connectivity index (χ0) is 21.8. The lowest BCUT2D eigenvalue weighted by atomic mass is 10.0. The second-order valence-corrected chi connectivity index (χ2v) is 9.76. The number of amides is 1. The normalized spacial score (nSPS) is 18.4. The number of hydrogen-bond acceptors (Lipinski definition) is 5. The number of anilines is 1. The zero-order valence-corrected chi connectivity index (χ0v) is 18.6. The Labute approximate surface area is 184 Å². The fraction of sp³-hybridized carbons (Fsp3) is 0.435. The highest BCUT2D eigenvalue weighted by Crippen LogP contribution is 2.30. The first-order chi connectivity index (χ1) is 15.0. The molecule has 0 bridgehead atoms. The average Bonchev–Trinajstić information content (AvgIpc) is 2.79. The molecule has 2 aromatic rings. The van der Waals surface area contributed by atoms with E-state index in [9.17, 15) is 13.2 Å². The van der Waals surface area contributed by atoms with E-state index in [2.05, 4.69) is 9.62 Å². The Morgan fingerprint density at radius 1 is 1.10 bits per heavy atom. The molecule has 2 aliphatic rings. The van der Waals surface area contributed by atoms with Gasteiger partial charge in [0.1, 0.15) is 0 Å². The van der Waals surface area contributed by atoms with Gasteiger partial charge in [-0.1, -0.05) is 30.3 Å². The molecular weight excluding hydrogens is 414 g/mol. The molecule has 8 heteroatoms. The predicted molar refractivity (Wildman–Crippen MR) is 120 cm³/mol. The second-order valence-electron chi connectivity index (χ2n) is 7.99. The molecular formula is C23H29N3O4S. The molecule has 7 nitrogen and oxygen atoms in total. The van der Waals surface area contributed by atoms with Gasteiger partial charge < -0.3 is 9.64 Å². The van der Waals surface area contributed by atoms with E-state index < -0.39 is 10.0 Å². The topological polar surface area (TPSA) is 79.0 Å². The van der Waals surface area contributed by atoms with Gasteiger partial charge in [0.25, 0.3) is 0 Å². The number of carbonyl (C=O) groups excluding carboxylic acids is 1. The van der Waals surface area contributed by atoms with Gasteiger partial charge >= 0.3 is 0 Å². The number of aryl methyl sites for hydroxylation is 1. The molecule has 166 valence electrons. The molecule has 1 atom stereocenters. The van der Waals surface area contributed by atoms with E-state index >= 15 is 0 Å². The molecule has 0 radical (unpaired) electrons. The summed E-state index contributed by atoms with van der Waals surface area (Å²) in [5.74, 6) is -0.0223. The van der Waals surface area contributed by atoms with Gasteiger partial charge in [-0.2, -0.15) is 0 Å². The highest BCUT2D eigenvalue weighted by Gasteiger charge is 2.26. The van der Waals surface area contributed by atoms with Crippen molar-refractivity contribution in [1.29, 1.82) is 0 Å². The van der Waals surface area contributed by atoms with E-state index in [1.54, 1.807) is 23.1 Å². The van der Waals surface area contributed by atoms with E-state index in [1.165, 1.54) is 6.92 Å². The minimum absolute atomic E-state index is 0.0223. The summed E-state index contributed by atoms with van der Waals surface area (Å²) in [6.45, 7) is 5.31. The molecule has 1 saturated heterocycles. The monoisotopic (exact) mass is 443 g/mol. The maximum absolute atomic E-state index is 13.1. The first kappa shape index (κ1) is 22.0. The van der Waals surface area contributed by atoms with Gasteiger partial charge in [0.05, 0.1) is 18.1 Å². The van der Waals surface area contributed by atoms with Crippen molar-refractivity contribution in [1.82, 2.24) is 9.62 Å². The number of nitrogens with one attached hydrogen (secondary N) is 1. The number of hydrogen-bond donors (Lipinski definition) is 1. The molecule has 1 N–H and O–H groups in total.